The first-order valence-corrected chi connectivity index (χ1v) is 8.74. The fourth-order valence-corrected chi connectivity index (χ4v) is 3.69. The predicted molar refractivity (Wildman–Crippen MR) is 98.3 cm³/mol. The summed E-state index contributed by atoms with van der Waals surface area (Å²) in [6.07, 6.45) is -4.55. The highest BCUT2D eigenvalue weighted by molar-refractivity contribution is 7.11. The third-order valence-corrected chi connectivity index (χ3v) is 5.22. The first kappa shape index (κ1) is 18.7. The van der Waals surface area contributed by atoms with Crippen LogP contribution in [-0.4, -0.2) is 3.96 Å². The highest BCUT2D eigenvalue weighted by Gasteiger charge is 2.33. The average Bonchev–Trinajstić information content (AvgIpc) is 2.96. The molecule has 1 atom stereocenters. The Kier molecular flexibility index (Phi) is 5.06. The number of halogens is 3. The number of nitrogens with zero attached hydrogens (tertiary/aromatic N) is 2. The summed E-state index contributed by atoms with van der Waals surface area (Å²) in [5, 5.41) is 12.1. The number of anilines is 2. The van der Waals surface area contributed by atoms with Gasteiger partial charge in [-0.2, -0.15) is 18.4 Å². The molecule has 0 aliphatic carbocycles. The van der Waals surface area contributed by atoms with Gasteiger partial charge in [0.05, 0.1) is 17.3 Å². The Bertz CT molecular complexity index is 1050. The molecular formula is C19H14F3N3OS. The van der Waals surface area contributed by atoms with Crippen LogP contribution in [0.15, 0.2) is 59.4 Å². The summed E-state index contributed by atoms with van der Waals surface area (Å²) in [5.74, 6) is 0. The van der Waals surface area contributed by atoms with E-state index in [1.807, 2.05) is 30.3 Å². The fraction of sp³-hybridized carbons (Fsp3) is 0.158. The standard InChI is InChI=1S/C19H14F3N3OS/c1-12(13-7-3-2-4-8-13)25-18(26)14(11-23)17(27-25)24-16-10-6-5-9-15(16)19(20,21)22/h2-10,12,24H,1H3/t12-/m1/s1. The molecule has 0 unspecified atom stereocenters. The lowest BCUT2D eigenvalue weighted by atomic mass is 10.1. The van der Waals surface area contributed by atoms with E-state index in [0.29, 0.717) is 0 Å². The lowest BCUT2D eigenvalue weighted by Gasteiger charge is -2.14. The molecule has 0 saturated carbocycles. The molecule has 3 rings (SSSR count). The quantitative estimate of drug-likeness (QED) is 0.671. The summed E-state index contributed by atoms with van der Waals surface area (Å²) in [7, 11) is 0. The van der Waals surface area contributed by atoms with E-state index in [4.69, 9.17) is 0 Å². The Balaban J connectivity index is 2.04. The Morgan fingerprint density at radius 3 is 2.37 bits per heavy atom. The van der Waals surface area contributed by atoms with E-state index in [2.05, 4.69) is 5.32 Å². The van der Waals surface area contributed by atoms with Gasteiger partial charge in [-0.25, -0.2) is 0 Å². The van der Waals surface area contributed by atoms with Crippen molar-refractivity contribution < 1.29 is 13.2 Å². The van der Waals surface area contributed by atoms with Gasteiger partial charge in [0.1, 0.15) is 11.1 Å². The van der Waals surface area contributed by atoms with Crippen LogP contribution in [0, 0.1) is 11.3 Å². The van der Waals surface area contributed by atoms with Gasteiger partial charge in [-0.15, -0.1) is 0 Å². The van der Waals surface area contributed by atoms with Gasteiger partial charge < -0.3 is 5.32 Å². The van der Waals surface area contributed by atoms with E-state index in [9.17, 15) is 23.2 Å². The smallest absolute Gasteiger partial charge is 0.344 e. The molecule has 2 aromatic carbocycles. The van der Waals surface area contributed by atoms with Crippen LogP contribution in [0.1, 0.15) is 29.7 Å². The molecule has 3 aromatic rings. The van der Waals surface area contributed by atoms with Gasteiger partial charge in [-0.1, -0.05) is 42.5 Å². The molecule has 1 heterocycles. The Labute approximate surface area is 157 Å². The Morgan fingerprint density at radius 1 is 1.11 bits per heavy atom. The lowest BCUT2D eigenvalue weighted by Crippen LogP contribution is -2.19. The van der Waals surface area contributed by atoms with E-state index in [1.54, 1.807) is 13.0 Å². The van der Waals surface area contributed by atoms with Crippen molar-refractivity contribution in [2.45, 2.75) is 19.1 Å². The van der Waals surface area contributed by atoms with Crippen molar-refractivity contribution in [3.63, 3.8) is 0 Å². The lowest BCUT2D eigenvalue weighted by molar-refractivity contribution is -0.136. The van der Waals surface area contributed by atoms with Crippen LogP contribution in [-0.2, 0) is 6.18 Å². The van der Waals surface area contributed by atoms with Gasteiger partial charge in [0.15, 0.2) is 5.56 Å². The molecule has 27 heavy (non-hydrogen) atoms. The normalized spacial score (nSPS) is 12.4. The molecule has 0 spiro atoms. The van der Waals surface area contributed by atoms with E-state index >= 15 is 0 Å². The number of alkyl halides is 3. The summed E-state index contributed by atoms with van der Waals surface area (Å²) in [6, 6.07) is 15.6. The van der Waals surface area contributed by atoms with Crippen molar-refractivity contribution in [3.05, 3.63) is 81.6 Å². The largest absolute Gasteiger partial charge is 0.418 e. The number of aromatic nitrogens is 1. The first-order chi connectivity index (χ1) is 12.8. The van der Waals surface area contributed by atoms with E-state index in [1.165, 1.54) is 22.2 Å². The summed E-state index contributed by atoms with van der Waals surface area (Å²) in [5.41, 5.74) is -0.960. The number of hydrogen-bond acceptors (Lipinski definition) is 4. The summed E-state index contributed by atoms with van der Waals surface area (Å²) in [6.45, 7) is 1.79. The highest BCUT2D eigenvalue weighted by Crippen LogP contribution is 2.37. The van der Waals surface area contributed by atoms with Crippen molar-refractivity contribution >= 4 is 22.2 Å². The van der Waals surface area contributed by atoms with Crippen molar-refractivity contribution in [1.82, 2.24) is 3.96 Å². The number of benzene rings is 2. The average molecular weight is 389 g/mol. The molecule has 0 fully saturated rings. The van der Waals surface area contributed by atoms with Crippen LogP contribution < -0.4 is 10.9 Å². The fourth-order valence-electron chi connectivity index (χ4n) is 2.66. The van der Waals surface area contributed by atoms with Crippen LogP contribution in [0.4, 0.5) is 23.9 Å². The molecule has 0 aliphatic heterocycles. The molecule has 0 amide bonds. The molecule has 0 saturated heterocycles. The molecular weight excluding hydrogens is 375 g/mol. The van der Waals surface area contributed by atoms with Crippen LogP contribution in [0.2, 0.25) is 0 Å². The zero-order valence-electron chi connectivity index (χ0n) is 14.1. The van der Waals surface area contributed by atoms with Crippen LogP contribution in [0.25, 0.3) is 0 Å². The first-order valence-electron chi connectivity index (χ1n) is 7.97. The van der Waals surface area contributed by atoms with Crippen LogP contribution >= 0.6 is 11.5 Å². The molecule has 138 valence electrons. The second-order valence-electron chi connectivity index (χ2n) is 5.79. The van der Waals surface area contributed by atoms with Crippen molar-refractivity contribution in [3.8, 4) is 6.07 Å². The van der Waals surface area contributed by atoms with Gasteiger partial charge >= 0.3 is 6.18 Å². The minimum absolute atomic E-state index is 0.0852. The van der Waals surface area contributed by atoms with Crippen LogP contribution in [0.5, 0.6) is 0 Å². The molecule has 0 radical (unpaired) electrons. The zero-order valence-corrected chi connectivity index (χ0v) is 14.9. The topological polar surface area (TPSA) is 57.8 Å². The maximum Gasteiger partial charge on any atom is 0.418 e. The summed E-state index contributed by atoms with van der Waals surface area (Å²) >= 11 is 0.931. The van der Waals surface area contributed by atoms with Gasteiger partial charge in [0.25, 0.3) is 5.56 Å². The van der Waals surface area contributed by atoms with Crippen molar-refractivity contribution in [2.75, 3.05) is 5.32 Å². The second kappa shape index (κ2) is 7.29. The molecule has 0 aliphatic rings. The number of rotatable bonds is 4. The maximum absolute atomic E-state index is 13.2. The number of para-hydroxylation sites is 1. The highest BCUT2D eigenvalue weighted by atomic mass is 32.1. The van der Waals surface area contributed by atoms with E-state index in [-0.39, 0.29) is 22.3 Å². The third-order valence-electron chi connectivity index (χ3n) is 4.06. The molecule has 1 N–H and O–H groups in total. The SMILES string of the molecule is C[C@H](c1ccccc1)n1sc(Nc2ccccc2C(F)(F)F)c(C#N)c1=O. The van der Waals surface area contributed by atoms with Crippen LogP contribution in [0.3, 0.4) is 0 Å². The summed E-state index contributed by atoms with van der Waals surface area (Å²) < 4.78 is 41.0. The second-order valence-corrected chi connectivity index (χ2v) is 6.78. The molecule has 0 bridgehead atoms. The van der Waals surface area contributed by atoms with E-state index in [0.717, 1.165) is 23.2 Å². The minimum atomic E-state index is -4.55. The summed E-state index contributed by atoms with van der Waals surface area (Å²) in [4.78, 5) is 12.6. The maximum atomic E-state index is 13.2. The van der Waals surface area contributed by atoms with Gasteiger partial charge in [0, 0.05) is 0 Å². The monoisotopic (exact) mass is 389 g/mol. The molecule has 1 aromatic heterocycles. The third kappa shape index (κ3) is 3.73. The molecule has 8 heteroatoms. The van der Waals surface area contributed by atoms with E-state index < -0.39 is 17.3 Å². The Hall–Kier alpha value is -3.05. The van der Waals surface area contributed by atoms with Crippen molar-refractivity contribution in [2.24, 2.45) is 0 Å². The number of hydrogen-bond donors (Lipinski definition) is 1. The predicted octanol–water partition coefficient (Wildman–Crippen LogP) is 5.15. The van der Waals surface area contributed by atoms with Gasteiger partial charge in [-0.3, -0.25) is 8.75 Å². The number of nitriles is 1. The van der Waals surface area contributed by atoms with Crippen molar-refractivity contribution in [1.29, 1.82) is 5.26 Å². The zero-order chi connectivity index (χ0) is 19.6. The number of nitrogens with one attached hydrogen (secondary N) is 1. The Morgan fingerprint density at radius 2 is 1.74 bits per heavy atom. The van der Waals surface area contributed by atoms with Gasteiger partial charge in [0.2, 0.25) is 0 Å². The minimum Gasteiger partial charge on any atom is -0.344 e. The molecule has 4 nitrogen and oxygen atoms in total. The van der Waals surface area contributed by atoms with Gasteiger partial charge in [-0.05, 0) is 36.2 Å².